The van der Waals surface area contributed by atoms with Crippen molar-refractivity contribution in [1.29, 1.82) is 0 Å². The van der Waals surface area contributed by atoms with Crippen molar-refractivity contribution >= 4 is 29.3 Å². The van der Waals surface area contributed by atoms with Crippen molar-refractivity contribution < 1.29 is 28.5 Å². The number of H-pyrrole nitrogens is 2. The first-order valence-electron chi connectivity index (χ1n) is 12.9. The molecule has 13 nitrogen and oxygen atoms in total. The molecule has 1 amide bonds. The average molecular weight is 545 g/mol. The van der Waals surface area contributed by atoms with Crippen LogP contribution in [-0.2, 0) is 41.6 Å². The Hall–Kier alpha value is -3.65. The minimum Gasteiger partial charge on any atom is -0.377 e. The highest BCUT2D eigenvalue weighted by Gasteiger charge is 2.09. The summed E-state index contributed by atoms with van der Waals surface area (Å²) in [5.41, 5.74) is 7.91. The van der Waals surface area contributed by atoms with Crippen molar-refractivity contribution in [1.82, 2.24) is 25.3 Å². The van der Waals surface area contributed by atoms with Crippen LogP contribution in [0.4, 0.5) is 5.95 Å². The number of hydrogen-bond acceptors (Lipinski definition) is 10. The highest BCUT2D eigenvalue weighted by Crippen LogP contribution is 2.12. The number of aldehydes is 1. The molecule has 2 heterocycles. The second-order valence-electron chi connectivity index (χ2n) is 8.63. The van der Waals surface area contributed by atoms with Crippen LogP contribution in [0.1, 0.15) is 36.2 Å². The number of aromatic nitrogens is 4. The molecule has 0 spiro atoms. The Morgan fingerprint density at radius 2 is 1.54 bits per heavy atom. The van der Waals surface area contributed by atoms with E-state index < -0.39 is 0 Å². The van der Waals surface area contributed by atoms with E-state index in [9.17, 15) is 14.4 Å². The molecule has 2 aromatic heterocycles. The first kappa shape index (κ1) is 29.9. The van der Waals surface area contributed by atoms with Gasteiger partial charge in [0.05, 0.1) is 52.9 Å². The number of anilines is 1. The third-order valence-corrected chi connectivity index (χ3v) is 5.50. The Kier molecular flexibility index (Phi) is 13.1. The fraction of sp³-hybridized carbons (Fsp3) is 0.500. The number of nitrogens with two attached hydrogens (primary N) is 1. The van der Waals surface area contributed by atoms with Gasteiger partial charge in [0, 0.05) is 25.8 Å². The van der Waals surface area contributed by atoms with Crippen molar-refractivity contribution in [2.75, 3.05) is 58.5 Å². The minimum atomic E-state index is -0.342. The van der Waals surface area contributed by atoms with Crippen LogP contribution in [0.25, 0.3) is 11.2 Å². The summed E-state index contributed by atoms with van der Waals surface area (Å²) < 4.78 is 22.0. The van der Waals surface area contributed by atoms with E-state index in [4.69, 9.17) is 24.7 Å². The molecule has 5 N–H and O–H groups in total. The van der Waals surface area contributed by atoms with Crippen molar-refractivity contribution in [3.8, 4) is 0 Å². The molecule has 0 aliphatic heterocycles. The molecular weight excluding hydrogens is 508 g/mol. The Morgan fingerprint density at radius 3 is 2.23 bits per heavy atom. The molecule has 0 aliphatic rings. The van der Waals surface area contributed by atoms with Crippen LogP contribution in [0, 0.1) is 0 Å². The van der Waals surface area contributed by atoms with Gasteiger partial charge >= 0.3 is 0 Å². The molecule has 0 saturated heterocycles. The van der Waals surface area contributed by atoms with Gasteiger partial charge in [-0.2, -0.15) is 4.98 Å². The van der Waals surface area contributed by atoms with Gasteiger partial charge in [-0.05, 0) is 17.5 Å². The van der Waals surface area contributed by atoms with Crippen molar-refractivity contribution in [3.63, 3.8) is 0 Å². The predicted molar refractivity (Wildman–Crippen MR) is 143 cm³/mol. The molecule has 1 aromatic carbocycles. The predicted octanol–water partition coefficient (Wildman–Crippen LogP) is 0.871. The number of nitrogens with one attached hydrogen (secondary N) is 3. The quantitative estimate of drug-likeness (QED) is 0.118. The second-order valence-corrected chi connectivity index (χ2v) is 8.63. The maximum Gasteiger partial charge on any atom is 0.278 e. The topological polar surface area (TPSA) is 184 Å². The van der Waals surface area contributed by atoms with Gasteiger partial charge in [0.15, 0.2) is 11.2 Å². The molecular formula is C26H36N6O7. The SMILES string of the molecule is Nc1nc2nc(Cc3ccc(COCCOCCOCCOCCNC(=O)CCCC=O)cc3)[nH]c2c(=O)[nH]1. The number of fused-ring (bicyclic) bond motifs is 1. The first-order valence-corrected chi connectivity index (χ1v) is 12.9. The Bertz CT molecular complexity index is 1210. The number of rotatable bonds is 20. The first-order chi connectivity index (χ1) is 19.0. The standard InChI is InChI=1S/C26H36N6O7/c27-26-31-24-23(25(35)32-26)29-21(30-24)17-19-4-6-20(7-5-19)18-39-16-15-38-14-13-37-12-11-36-10-8-28-22(34)3-1-2-9-33/h4-7,9H,1-3,8,10-18H2,(H,28,34)(H4,27,29,30,31,32,35). The fourth-order valence-corrected chi connectivity index (χ4v) is 3.55. The van der Waals surface area contributed by atoms with Crippen molar-refractivity contribution in [3.05, 3.63) is 51.6 Å². The number of nitrogen functional groups attached to an aromatic ring is 1. The average Bonchev–Trinajstić information content (AvgIpc) is 3.32. The zero-order chi connectivity index (χ0) is 27.7. The smallest absolute Gasteiger partial charge is 0.278 e. The van der Waals surface area contributed by atoms with Gasteiger partial charge in [-0.3, -0.25) is 14.6 Å². The Labute approximate surface area is 225 Å². The van der Waals surface area contributed by atoms with E-state index >= 15 is 0 Å². The molecule has 212 valence electrons. The van der Waals surface area contributed by atoms with E-state index in [2.05, 4.69) is 25.3 Å². The molecule has 0 radical (unpaired) electrons. The highest BCUT2D eigenvalue weighted by atomic mass is 16.6. The summed E-state index contributed by atoms with van der Waals surface area (Å²) in [5.74, 6) is 0.600. The van der Waals surface area contributed by atoms with Gasteiger partial charge in [0.2, 0.25) is 11.9 Å². The van der Waals surface area contributed by atoms with Crippen LogP contribution in [0.2, 0.25) is 0 Å². The van der Waals surface area contributed by atoms with Crippen molar-refractivity contribution in [2.24, 2.45) is 0 Å². The molecule has 0 aliphatic carbocycles. The number of benzene rings is 1. The van der Waals surface area contributed by atoms with Crippen LogP contribution in [0.3, 0.4) is 0 Å². The third kappa shape index (κ3) is 11.3. The molecule has 0 fully saturated rings. The minimum absolute atomic E-state index is 0.0380. The van der Waals surface area contributed by atoms with Crippen LogP contribution in [-0.4, -0.2) is 84.9 Å². The van der Waals surface area contributed by atoms with Crippen LogP contribution in [0.5, 0.6) is 0 Å². The van der Waals surface area contributed by atoms with E-state index in [-0.39, 0.29) is 17.4 Å². The normalized spacial score (nSPS) is 11.2. The molecule has 39 heavy (non-hydrogen) atoms. The van der Waals surface area contributed by atoms with Gasteiger partial charge < -0.3 is 39.8 Å². The molecule has 13 heteroatoms. The van der Waals surface area contributed by atoms with E-state index in [0.717, 1.165) is 17.4 Å². The molecule has 3 aromatic rings. The van der Waals surface area contributed by atoms with Crippen LogP contribution < -0.4 is 16.6 Å². The third-order valence-electron chi connectivity index (χ3n) is 5.50. The summed E-state index contributed by atoms with van der Waals surface area (Å²) in [6.45, 7) is 4.07. The monoisotopic (exact) mass is 544 g/mol. The summed E-state index contributed by atoms with van der Waals surface area (Å²) in [6.07, 6.45) is 2.67. The van der Waals surface area contributed by atoms with Crippen molar-refractivity contribution in [2.45, 2.75) is 32.3 Å². The molecule has 0 unspecified atom stereocenters. The number of imidazole rings is 1. The number of carbonyl (C=O) groups is 2. The number of unbranched alkanes of at least 4 members (excludes halogenated alkanes) is 1. The zero-order valence-corrected chi connectivity index (χ0v) is 21.9. The maximum absolute atomic E-state index is 11.9. The molecule has 0 saturated carbocycles. The lowest BCUT2D eigenvalue weighted by Gasteiger charge is -2.08. The van der Waals surface area contributed by atoms with Gasteiger partial charge in [-0.15, -0.1) is 0 Å². The van der Waals surface area contributed by atoms with E-state index in [1.165, 1.54) is 0 Å². The Morgan fingerprint density at radius 1 is 0.897 bits per heavy atom. The number of ether oxygens (including phenoxy) is 4. The lowest BCUT2D eigenvalue weighted by molar-refractivity contribution is -0.121. The van der Waals surface area contributed by atoms with E-state index in [1.807, 2.05) is 24.3 Å². The summed E-state index contributed by atoms with van der Waals surface area (Å²) in [6, 6.07) is 7.96. The van der Waals surface area contributed by atoms with E-state index in [0.29, 0.717) is 102 Å². The molecule has 0 bridgehead atoms. The van der Waals surface area contributed by atoms with Gasteiger partial charge in [-0.1, -0.05) is 24.3 Å². The number of hydrogen-bond donors (Lipinski definition) is 4. The maximum atomic E-state index is 11.9. The lowest BCUT2D eigenvalue weighted by atomic mass is 10.1. The van der Waals surface area contributed by atoms with Gasteiger partial charge in [0.25, 0.3) is 5.56 Å². The lowest BCUT2D eigenvalue weighted by Crippen LogP contribution is -2.27. The number of carbonyl (C=O) groups excluding carboxylic acids is 2. The summed E-state index contributed by atoms with van der Waals surface area (Å²) in [5, 5.41) is 2.74. The molecule has 3 rings (SSSR count). The summed E-state index contributed by atoms with van der Waals surface area (Å²) in [4.78, 5) is 47.4. The largest absolute Gasteiger partial charge is 0.377 e. The summed E-state index contributed by atoms with van der Waals surface area (Å²) >= 11 is 0. The van der Waals surface area contributed by atoms with Crippen LogP contribution >= 0.6 is 0 Å². The fourth-order valence-electron chi connectivity index (χ4n) is 3.55. The number of amides is 1. The van der Waals surface area contributed by atoms with Gasteiger partial charge in [-0.25, -0.2) is 4.98 Å². The molecule has 0 atom stereocenters. The number of aromatic amines is 2. The zero-order valence-electron chi connectivity index (χ0n) is 21.9. The van der Waals surface area contributed by atoms with E-state index in [1.54, 1.807) is 0 Å². The summed E-state index contributed by atoms with van der Waals surface area (Å²) in [7, 11) is 0. The Balaban J connectivity index is 1.15. The van der Waals surface area contributed by atoms with Crippen LogP contribution in [0.15, 0.2) is 29.1 Å². The number of nitrogens with zero attached hydrogens (tertiary/aromatic N) is 2. The highest BCUT2D eigenvalue weighted by molar-refractivity contribution is 5.76. The second kappa shape index (κ2) is 17.0. The van der Waals surface area contributed by atoms with Gasteiger partial charge in [0.1, 0.15) is 12.1 Å².